The number of carbonyl (C=O) groups is 2. The summed E-state index contributed by atoms with van der Waals surface area (Å²) in [5.41, 5.74) is 4.96. The largest absolute Gasteiger partial charge is 0.480 e. The fraction of sp³-hybridized carbons (Fsp3) is 0.206. The van der Waals surface area contributed by atoms with Gasteiger partial charge in [-0.15, -0.1) is 0 Å². The van der Waals surface area contributed by atoms with Gasteiger partial charge in [0.15, 0.2) is 5.16 Å². The van der Waals surface area contributed by atoms with Gasteiger partial charge in [-0.25, -0.2) is 4.98 Å². The standard InChI is InChI=1S/C34H33N3O3S/c38-32(39)24-37-31-20-11-10-19-30(31)36-34(37)41-22-12-21-35-33(40)29(27-17-8-3-9-18-27)23-28(25-13-4-1-5-14-25)26-15-6-2-7-16-26/h1-11,13-20,28-29H,12,21-24H2,(H,35,40)(H,38,39). The van der Waals surface area contributed by atoms with Crippen LogP contribution in [0.15, 0.2) is 120 Å². The van der Waals surface area contributed by atoms with Crippen LogP contribution in [0.5, 0.6) is 0 Å². The minimum atomic E-state index is -0.904. The third-order valence-corrected chi connectivity index (χ3v) is 8.22. The van der Waals surface area contributed by atoms with E-state index in [1.807, 2.05) is 91.0 Å². The van der Waals surface area contributed by atoms with Gasteiger partial charge < -0.3 is 15.0 Å². The zero-order valence-corrected chi connectivity index (χ0v) is 23.5. The normalized spacial score (nSPS) is 11.9. The van der Waals surface area contributed by atoms with Gasteiger partial charge >= 0.3 is 5.97 Å². The molecule has 1 aromatic heterocycles. The summed E-state index contributed by atoms with van der Waals surface area (Å²) in [4.78, 5) is 29.7. The van der Waals surface area contributed by atoms with Crippen LogP contribution < -0.4 is 5.32 Å². The number of imidazole rings is 1. The minimum Gasteiger partial charge on any atom is -0.480 e. The molecular formula is C34H33N3O3S. The molecule has 1 unspecified atom stereocenters. The highest BCUT2D eigenvalue weighted by Gasteiger charge is 2.26. The third kappa shape index (κ3) is 7.24. The number of carbonyl (C=O) groups excluding carboxylic acids is 1. The summed E-state index contributed by atoms with van der Waals surface area (Å²) in [5.74, 6) is -0.425. The van der Waals surface area contributed by atoms with Gasteiger partial charge in [0.25, 0.3) is 0 Å². The number of aromatic nitrogens is 2. The Morgan fingerprint density at radius 2 is 1.34 bits per heavy atom. The van der Waals surface area contributed by atoms with Crippen molar-refractivity contribution in [2.24, 2.45) is 0 Å². The predicted molar refractivity (Wildman–Crippen MR) is 164 cm³/mol. The Balaban J connectivity index is 1.26. The van der Waals surface area contributed by atoms with Crippen molar-refractivity contribution in [1.82, 2.24) is 14.9 Å². The minimum absolute atomic E-state index is 0.0104. The highest BCUT2D eigenvalue weighted by molar-refractivity contribution is 7.99. The van der Waals surface area contributed by atoms with Crippen molar-refractivity contribution in [3.63, 3.8) is 0 Å². The topological polar surface area (TPSA) is 84.2 Å². The fourth-order valence-electron chi connectivity index (χ4n) is 5.17. The van der Waals surface area contributed by atoms with Crippen molar-refractivity contribution in [3.8, 4) is 0 Å². The first-order valence-corrected chi connectivity index (χ1v) is 14.8. The predicted octanol–water partition coefficient (Wildman–Crippen LogP) is 6.73. The molecule has 208 valence electrons. The molecule has 0 aliphatic rings. The second-order valence-electron chi connectivity index (χ2n) is 9.93. The first-order valence-electron chi connectivity index (χ1n) is 13.8. The molecule has 0 aliphatic heterocycles. The SMILES string of the molecule is O=C(O)Cn1c(SCCCNC(=O)C(CC(c2ccccc2)c2ccccc2)c2ccccc2)nc2ccccc21. The first-order chi connectivity index (χ1) is 20.1. The molecule has 5 rings (SSSR count). The van der Waals surface area contributed by atoms with Gasteiger partial charge in [-0.3, -0.25) is 9.59 Å². The molecule has 41 heavy (non-hydrogen) atoms. The van der Waals surface area contributed by atoms with Crippen LogP contribution in [0, 0.1) is 0 Å². The molecule has 6 nitrogen and oxygen atoms in total. The molecule has 1 heterocycles. The first kappa shape index (κ1) is 28.2. The Hall–Kier alpha value is -4.36. The smallest absolute Gasteiger partial charge is 0.323 e. The lowest BCUT2D eigenvalue weighted by atomic mass is 9.80. The van der Waals surface area contributed by atoms with Gasteiger partial charge in [-0.1, -0.05) is 115 Å². The van der Waals surface area contributed by atoms with Gasteiger partial charge in [0.2, 0.25) is 5.91 Å². The highest BCUT2D eigenvalue weighted by atomic mass is 32.2. The zero-order valence-electron chi connectivity index (χ0n) is 22.7. The van der Waals surface area contributed by atoms with E-state index < -0.39 is 5.97 Å². The number of nitrogens with one attached hydrogen (secondary N) is 1. The van der Waals surface area contributed by atoms with Crippen LogP contribution in [0.3, 0.4) is 0 Å². The number of thioether (sulfide) groups is 1. The molecular weight excluding hydrogens is 530 g/mol. The van der Waals surface area contributed by atoms with E-state index in [-0.39, 0.29) is 24.3 Å². The van der Waals surface area contributed by atoms with Crippen LogP contribution in [0.1, 0.15) is 41.4 Å². The van der Waals surface area contributed by atoms with Crippen molar-refractivity contribution < 1.29 is 14.7 Å². The second-order valence-corrected chi connectivity index (χ2v) is 11.0. The van der Waals surface area contributed by atoms with Gasteiger partial charge in [-0.2, -0.15) is 0 Å². The molecule has 0 saturated carbocycles. The van der Waals surface area contributed by atoms with E-state index in [0.717, 1.165) is 23.0 Å². The number of para-hydroxylation sites is 2. The molecule has 4 aromatic carbocycles. The molecule has 0 spiro atoms. The third-order valence-electron chi connectivity index (χ3n) is 7.16. The molecule has 0 bridgehead atoms. The summed E-state index contributed by atoms with van der Waals surface area (Å²) < 4.78 is 1.74. The number of fused-ring (bicyclic) bond motifs is 1. The number of amides is 1. The lowest BCUT2D eigenvalue weighted by Gasteiger charge is -2.24. The Kier molecular flexibility index (Phi) is 9.49. The molecule has 0 fully saturated rings. The number of carboxylic acid groups (broad SMARTS) is 1. The van der Waals surface area contributed by atoms with Gasteiger partial charge in [0, 0.05) is 18.2 Å². The molecule has 0 radical (unpaired) electrons. The van der Waals surface area contributed by atoms with E-state index in [9.17, 15) is 14.7 Å². The Morgan fingerprint density at radius 3 is 1.95 bits per heavy atom. The van der Waals surface area contributed by atoms with Crippen LogP contribution in [-0.2, 0) is 16.1 Å². The van der Waals surface area contributed by atoms with E-state index in [0.29, 0.717) is 23.9 Å². The second kappa shape index (κ2) is 13.8. The van der Waals surface area contributed by atoms with Gasteiger partial charge in [-0.05, 0) is 41.7 Å². The van der Waals surface area contributed by atoms with E-state index in [4.69, 9.17) is 0 Å². The van der Waals surface area contributed by atoms with Crippen molar-refractivity contribution >= 4 is 34.7 Å². The van der Waals surface area contributed by atoms with E-state index in [1.165, 1.54) is 22.9 Å². The van der Waals surface area contributed by atoms with Crippen molar-refractivity contribution in [2.45, 2.75) is 36.4 Å². The van der Waals surface area contributed by atoms with Crippen molar-refractivity contribution in [3.05, 3.63) is 132 Å². The number of hydrogen-bond donors (Lipinski definition) is 2. The quantitative estimate of drug-likeness (QED) is 0.123. The maximum atomic E-state index is 13.7. The monoisotopic (exact) mass is 563 g/mol. The summed E-state index contributed by atoms with van der Waals surface area (Å²) in [6.45, 7) is 0.387. The van der Waals surface area contributed by atoms with Gasteiger partial charge in [0.05, 0.1) is 17.0 Å². The van der Waals surface area contributed by atoms with Gasteiger partial charge in [0.1, 0.15) is 6.54 Å². The molecule has 2 N–H and O–H groups in total. The number of benzene rings is 4. The zero-order chi connectivity index (χ0) is 28.4. The number of aliphatic carboxylic acids is 1. The fourth-order valence-corrected chi connectivity index (χ4v) is 6.13. The van der Waals surface area contributed by atoms with E-state index in [1.54, 1.807) is 4.57 Å². The Bertz CT molecular complexity index is 1530. The van der Waals surface area contributed by atoms with Crippen LogP contribution >= 0.6 is 11.8 Å². The average Bonchev–Trinajstić information content (AvgIpc) is 3.35. The van der Waals surface area contributed by atoms with Crippen LogP contribution in [0.25, 0.3) is 11.0 Å². The number of hydrogen-bond acceptors (Lipinski definition) is 4. The molecule has 7 heteroatoms. The maximum absolute atomic E-state index is 13.7. The summed E-state index contributed by atoms with van der Waals surface area (Å²) in [6, 6.07) is 38.3. The number of nitrogens with zero attached hydrogens (tertiary/aromatic N) is 2. The molecule has 0 aliphatic carbocycles. The summed E-state index contributed by atoms with van der Waals surface area (Å²) in [5, 5.41) is 13.2. The highest BCUT2D eigenvalue weighted by Crippen LogP contribution is 2.35. The summed E-state index contributed by atoms with van der Waals surface area (Å²) >= 11 is 1.51. The summed E-state index contributed by atoms with van der Waals surface area (Å²) in [6.07, 6.45) is 1.38. The Morgan fingerprint density at radius 1 is 0.780 bits per heavy atom. The lowest BCUT2D eigenvalue weighted by molar-refractivity contribution is -0.137. The number of rotatable bonds is 13. The lowest BCUT2D eigenvalue weighted by Crippen LogP contribution is -2.31. The molecule has 5 aromatic rings. The van der Waals surface area contributed by atoms with Crippen LogP contribution in [0.4, 0.5) is 0 Å². The van der Waals surface area contributed by atoms with E-state index in [2.05, 4.69) is 34.6 Å². The Labute approximate surface area is 244 Å². The molecule has 0 saturated heterocycles. The van der Waals surface area contributed by atoms with Crippen molar-refractivity contribution in [2.75, 3.05) is 12.3 Å². The maximum Gasteiger partial charge on any atom is 0.323 e. The van der Waals surface area contributed by atoms with Crippen LogP contribution in [-0.4, -0.2) is 38.8 Å². The molecule has 1 amide bonds. The average molecular weight is 564 g/mol. The van der Waals surface area contributed by atoms with E-state index >= 15 is 0 Å². The number of carboxylic acids is 1. The van der Waals surface area contributed by atoms with Crippen molar-refractivity contribution in [1.29, 1.82) is 0 Å². The molecule has 1 atom stereocenters. The van der Waals surface area contributed by atoms with Crippen LogP contribution in [0.2, 0.25) is 0 Å². The summed E-state index contributed by atoms with van der Waals surface area (Å²) in [7, 11) is 0.